The van der Waals surface area contributed by atoms with Crippen LogP contribution in [0, 0.1) is 5.82 Å². The predicted molar refractivity (Wildman–Crippen MR) is 98.9 cm³/mol. The van der Waals surface area contributed by atoms with E-state index in [1.54, 1.807) is 36.6 Å². The van der Waals surface area contributed by atoms with Crippen molar-refractivity contribution in [1.82, 2.24) is 14.8 Å². The SMILES string of the molecule is CC(=O)N1CCC(N(Cc2ccnc(Br)c2F)C(=O)OC(C)(C)C)CC1. The molecule has 1 fully saturated rings. The molecule has 0 bridgehead atoms. The molecule has 2 amide bonds. The van der Waals surface area contributed by atoms with Crippen LogP contribution in [0.1, 0.15) is 46.1 Å². The minimum atomic E-state index is -0.646. The lowest BCUT2D eigenvalue weighted by atomic mass is 10.0. The van der Waals surface area contributed by atoms with E-state index >= 15 is 0 Å². The number of rotatable bonds is 3. The summed E-state index contributed by atoms with van der Waals surface area (Å²) in [5.74, 6) is -0.460. The van der Waals surface area contributed by atoms with E-state index in [-0.39, 0.29) is 23.1 Å². The summed E-state index contributed by atoms with van der Waals surface area (Å²) in [5, 5.41) is 0. The van der Waals surface area contributed by atoms with Gasteiger partial charge in [0.2, 0.25) is 5.91 Å². The van der Waals surface area contributed by atoms with E-state index in [0.717, 1.165) is 0 Å². The molecular weight excluding hydrogens is 405 g/mol. The molecule has 1 aliphatic rings. The van der Waals surface area contributed by atoms with Gasteiger partial charge in [0.25, 0.3) is 0 Å². The molecule has 0 aromatic carbocycles. The summed E-state index contributed by atoms with van der Waals surface area (Å²) in [6.45, 7) is 8.16. The number of carbonyl (C=O) groups excluding carboxylic acids is 2. The molecule has 2 heterocycles. The van der Waals surface area contributed by atoms with E-state index in [1.165, 1.54) is 13.1 Å². The smallest absolute Gasteiger partial charge is 0.410 e. The Balaban J connectivity index is 2.21. The normalized spacial score (nSPS) is 15.7. The molecule has 1 aliphatic heterocycles. The Morgan fingerprint density at radius 2 is 2.00 bits per heavy atom. The van der Waals surface area contributed by atoms with Gasteiger partial charge < -0.3 is 14.5 Å². The number of hydrogen-bond donors (Lipinski definition) is 0. The lowest BCUT2D eigenvalue weighted by Gasteiger charge is -2.38. The number of halogens is 2. The molecule has 0 saturated carbocycles. The van der Waals surface area contributed by atoms with Gasteiger partial charge in [-0.3, -0.25) is 4.79 Å². The van der Waals surface area contributed by atoms with E-state index in [2.05, 4.69) is 20.9 Å². The predicted octanol–water partition coefficient (Wildman–Crippen LogP) is 3.73. The molecule has 0 N–H and O–H groups in total. The maximum atomic E-state index is 14.4. The molecule has 1 aromatic heterocycles. The van der Waals surface area contributed by atoms with Gasteiger partial charge in [0.05, 0.1) is 6.54 Å². The number of ether oxygens (including phenoxy) is 1. The fraction of sp³-hybridized carbons (Fsp3) is 0.611. The number of pyridine rings is 1. The first kappa shape index (κ1) is 20.6. The van der Waals surface area contributed by atoms with Crippen molar-refractivity contribution in [3.8, 4) is 0 Å². The quantitative estimate of drug-likeness (QED) is 0.686. The lowest BCUT2D eigenvalue weighted by molar-refractivity contribution is -0.130. The van der Waals surface area contributed by atoms with Crippen molar-refractivity contribution in [2.45, 2.75) is 58.7 Å². The van der Waals surface area contributed by atoms with Gasteiger partial charge in [-0.05, 0) is 55.6 Å². The molecular formula is C18H25BrFN3O3. The maximum Gasteiger partial charge on any atom is 0.410 e. The topological polar surface area (TPSA) is 62.7 Å². The van der Waals surface area contributed by atoms with Crippen LogP contribution in [-0.2, 0) is 16.1 Å². The molecule has 6 nitrogen and oxygen atoms in total. The minimum absolute atomic E-state index is 0.0244. The Kier molecular flexibility index (Phi) is 6.60. The molecule has 0 spiro atoms. The highest BCUT2D eigenvalue weighted by Crippen LogP contribution is 2.24. The summed E-state index contributed by atoms with van der Waals surface area (Å²) >= 11 is 3.08. The average Bonchev–Trinajstić information content (AvgIpc) is 2.54. The highest BCUT2D eigenvalue weighted by Gasteiger charge is 2.32. The van der Waals surface area contributed by atoms with Gasteiger partial charge in [-0.2, -0.15) is 0 Å². The van der Waals surface area contributed by atoms with Crippen molar-refractivity contribution < 1.29 is 18.7 Å². The van der Waals surface area contributed by atoms with Gasteiger partial charge in [-0.25, -0.2) is 14.2 Å². The largest absolute Gasteiger partial charge is 0.444 e. The fourth-order valence-electron chi connectivity index (χ4n) is 2.92. The summed E-state index contributed by atoms with van der Waals surface area (Å²) in [6, 6.07) is 1.44. The number of amides is 2. The summed E-state index contributed by atoms with van der Waals surface area (Å²) in [5.41, 5.74) is -0.279. The zero-order chi connectivity index (χ0) is 19.5. The standard InChI is InChI=1S/C18H25BrFN3O3/c1-12(24)22-9-6-14(7-10-22)23(17(25)26-18(2,3)4)11-13-5-8-21-16(19)15(13)20/h5,8,14H,6-7,9-11H2,1-4H3. The second-order valence-electron chi connectivity index (χ2n) is 7.42. The Bertz CT molecular complexity index is 670. The third-order valence-electron chi connectivity index (χ3n) is 4.25. The van der Waals surface area contributed by atoms with Crippen molar-refractivity contribution in [2.24, 2.45) is 0 Å². The third-order valence-corrected chi connectivity index (χ3v) is 4.80. The zero-order valence-electron chi connectivity index (χ0n) is 15.6. The molecule has 8 heteroatoms. The number of hydrogen-bond acceptors (Lipinski definition) is 4. The highest BCUT2D eigenvalue weighted by molar-refractivity contribution is 9.10. The second kappa shape index (κ2) is 8.33. The van der Waals surface area contributed by atoms with Crippen LogP contribution in [0.3, 0.4) is 0 Å². The van der Waals surface area contributed by atoms with Gasteiger partial charge >= 0.3 is 6.09 Å². The lowest BCUT2D eigenvalue weighted by Crippen LogP contribution is -2.49. The van der Waals surface area contributed by atoms with Crippen LogP contribution in [0.5, 0.6) is 0 Å². The van der Waals surface area contributed by atoms with E-state index in [9.17, 15) is 14.0 Å². The monoisotopic (exact) mass is 429 g/mol. The van der Waals surface area contributed by atoms with Crippen LogP contribution in [0.15, 0.2) is 16.9 Å². The Morgan fingerprint density at radius 1 is 1.38 bits per heavy atom. The van der Waals surface area contributed by atoms with Crippen LogP contribution < -0.4 is 0 Å². The summed E-state index contributed by atoms with van der Waals surface area (Å²) < 4.78 is 20.0. The molecule has 0 aliphatic carbocycles. The minimum Gasteiger partial charge on any atom is -0.444 e. The number of likely N-dealkylation sites (tertiary alicyclic amines) is 1. The van der Waals surface area contributed by atoms with Gasteiger partial charge in [0.1, 0.15) is 10.2 Å². The van der Waals surface area contributed by atoms with Crippen LogP contribution in [0.4, 0.5) is 9.18 Å². The molecule has 26 heavy (non-hydrogen) atoms. The van der Waals surface area contributed by atoms with Gasteiger partial charge in [0, 0.05) is 37.8 Å². The third kappa shape index (κ3) is 5.40. The Morgan fingerprint density at radius 3 is 2.54 bits per heavy atom. The molecule has 0 radical (unpaired) electrons. The zero-order valence-corrected chi connectivity index (χ0v) is 17.2. The number of carbonyl (C=O) groups is 2. The molecule has 1 aromatic rings. The maximum absolute atomic E-state index is 14.4. The summed E-state index contributed by atoms with van der Waals surface area (Å²) in [7, 11) is 0. The summed E-state index contributed by atoms with van der Waals surface area (Å²) in [4.78, 5) is 31.5. The number of aromatic nitrogens is 1. The first-order chi connectivity index (χ1) is 12.1. The van der Waals surface area contributed by atoms with Crippen molar-refractivity contribution in [3.63, 3.8) is 0 Å². The average molecular weight is 430 g/mol. The van der Waals surface area contributed by atoms with Crippen LogP contribution in [0.25, 0.3) is 0 Å². The van der Waals surface area contributed by atoms with E-state index < -0.39 is 17.5 Å². The summed E-state index contributed by atoms with van der Waals surface area (Å²) in [6.07, 6.45) is 2.28. The first-order valence-corrected chi connectivity index (χ1v) is 9.42. The van der Waals surface area contributed by atoms with Crippen molar-refractivity contribution in [3.05, 3.63) is 28.2 Å². The van der Waals surface area contributed by atoms with Crippen LogP contribution in [0.2, 0.25) is 0 Å². The number of piperidine rings is 1. The fourth-order valence-corrected chi connectivity index (χ4v) is 3.29. The number of nitrogens with zero attached hydrogens (tertiary/aromatic N) is 3. The molecule has 1 saturated heterocycles. The molecule has 144 valence electrons. The first-order valence-electron chi connectivity index (χ1n) is 8.62. The van der Waals surface area contributed by atoms with Gasteiger partial charge in [0.15, 0.2) is 5.82 Å². The van der Waals surface area contributed by atoms with Crippen molar-refractivity contribution in [2.75, 3.05) is 13.1 Å². The molecule has 2 rings (SSSR count). The molecule has 0 unspecified atom stereocenters. The highest BCUT2D eigenvalue weighted by atomic mass is 79.9. The molecule has 0 atom stereocenters. The van der Waals surface area contributed by atoms with E-state index in [1.807, 2.05) is 0 Å². The Labute approximate surface area is 161 Å². The second-order valence-corrected chi connectivity index (χ2v) is 8.17. The van der Waals surface area contributed by atoms with Crippen LogP contribution >= 0.6 is 15.9 Å². The van der Waals surface area contributed by atoms with Gasteiger partial charge in [-0.1, -0.05) is 0 Å². The van der Waals surface area contributed by atoms with Crippen molar-refractivity contribution in [1.29, 1.82) is 0 Å². The van der Waals surface area contributed by atoms with E-state index in [0.29, 0.717) is 31.5 Å². The van der Waals surface area contributed by atoms with Gasteiger partial charge in [-0.15, -0.1) is 0 Å². The Hall–Kier alpha value is -1.70. The van der Waals surface area contributed by atoms with Crippen LogP contribution in [-0.4, -0.2) is 51.5 Å². The van der Waals surface area contributed by atoms with Crippen molar-refractivity contribution >= 4 is 27.9 Å². The van der Waals surface area contributed by atoms with E-state index in [4.69, 9.17) is 4.74 Å².